The summed E-state index contributed by atoms with van der Waals surface area (Å²) >= 11 is 0. The molecule has 4 nitrogen and oxygen atoms in total. The minimum absolute atomic E-state index is 0.462. The molecule has 1 unspecified atom stereocenters. The summed E-state index contributed by atoms with van der Waals surface area (Å²) in [7, 11) is 0. The Hall–Kier alpha value is -1.68. The molecule has 102 valence electrons. The first-order chi connectivity index (χ1) is 8.99. The van der Waals surface area contributed by atoms with E-state index in [0.717, 1.165) is 17.9 Å². The average Bonchev–Trinajstić information content (AvgIpc) is 2.76. The lowest BCUT2D eigenvalue weighted by Crippen LogP contribution is -2.26. The summed E-state index contributed by atoms with van der Waals surface area (Å²) in [5.41, 5.74) is -0.0302. The van der Waals surface area contributed by atoms with Gasteiger partial charge < -0.3 is 5.11 Å². The maximum Gasteiger partial charge on any atom is 0.138 e. The van der Waals surface area contributed by atoms with E-state index in [0.29, 0.717) is 12.3 Å². The highest BCUT2D eigenvalue weighted by Gasteiger charge is 2.25. The molecule has 19 heavy (non-hydrogen) atoms. The Kier molecular flexibility index (Phi) is 4.00. The molecule has 0 bridgehead atoms. The van der Waals surface area contributed by atoms with E-state index in [9.17, 15) is 5.11 Å². The highest BCUT2D eigenvalue weighted by molar-refractivity contribution is 5.22. The third-order valence-corrected chi connectivity index (χ3v) is 3.13. The number of hydrogen-bond acceptors (Lipinski definition) is 3. The fourth-order valence-corrected chi connectivity index (χ4v) is 2.13. The van der Waals surface area contributed by atoms with Crippen LogP contribution in [0.25, 0.3) is 0 Å². The van der Waals surface area contributed by atoms with Gasteiger partial charge in [-0.1, -0.05) is 44.2 Å². The number of nitrogens with zero attached hydrogens (tertiary/aromatic N) is 3. The van der Waals surface area contributed by atoms with E-state index in [1.165, 1.54) is 0 Å². The molecule has 1 N–H and O–H groups in total. The molecule has 0 amide bonds. The molecule has 2 rings (SSSR count). The van der Waals surface area contributed by atoms with Crippen molar-refractivity contribution in [2.45, 2.75) is 39.3 Å². The SMILES string of the molecule is CC(C)Cn1ncnc1CC(C)(O)c1ccccc1. The molecule has 0 aliphatic heterocycles. The van der Waals surface area contributed by atoms with Crippen molar-refractivity contribution in [1.29, 1.82) is 0 Å². The third-order valence-electron chi connectivity index (χ3n) is 3.13. The van der Waals surface area contributed by atoms with Crippen molar-refractivity contribution in [3.8, 4) is 0 Å². The first kappa shape index (κ1) is 13.7. The smallest absolute Gasteiger partial charge is 0.138 e. The van der Waals surface area contributed by atoms with E-state index in [1.807, 2.05) is 41.9 Å². The van der Waals surface area contributed by atoms with Gasteiger partial charge in [-0.25, -0.2) is 9.67 Å². The van der Waals surface area contributed by atoms with Gasteiger partial charge in [0.1, 0.15) is 12.2 Å². The molecule has 0 saturated heterocycles. The van der Waals surface area contributed by atoms with Gasteiger partial charge in [-0.05, 0) is 18.4 Å². The summed E-state index contributed by atoms with van der Waals surface area (Å²) < 4.78 is 1.88. The Morgan fingerprint density at radius 2 is 1.95 bits per heavy atom. The lowest BCUT2D eigenvalue weighted by molar-refractivity contribution is 0.0540. The molecule has 1 heterocycles. The molecule has 0 aliphatic rings. The van der Waals surface area contributed by atoms with Gasteiger partial charge in [-0.2, -0.15) is 5.10 Å². The Labute approximate surface area is 114 Å². The summed E-state index contributed by atoms with van der Waals surface area (Å²) in [6.07, 6.45) is 2.02. The molecule has 0 spiro atoms. The normalized spacial score (nSPS) is 14.6. The summed E-state index contributed by atoms with van der Waals surface area (Å²) in [6.45, 7) is 6.92. The van der Waals surface area contributed by atoms with Crippen molar-refractivity contribution in [2.24, 2.45) is 5.92 Å². The average molecular weight is 259 g/mol. The van der Waals surface area contributed by atoms with Gasteiger partial charge in [0.2, 0.25) is 0 Å². The van der Waals surface area contributed by atoms with Gasteiger partial charge >= 0.3 is 0 Å². The van der Waals surface area contributed by atoms with Crippen molar-refractivity contribution in [3.05, 3.63) is 48.0 Å². The van der Waals surface area contributed by atoms with Crippen molar-refractivity contribution >= 4 is 0 Å². The molecule has 0 fully saturated rings. The van der Waals surface area contributed by atoms with Crippen LogP contribution in [-0.2, 0) is 18.6 Å². The quantitative estimate of drug-likeness (QED) is 0.897. The number of aliphatic hydroxyl groups is 1. The van der Waals surface area contributed by atoms with Gasteiger partial charge in [0.05, 0.1) is 5.60 Å². The Morgan fingerprint density at radius 3 is 2.58 bits per heavy atom. The van der Waals surface area contributed by atoms with E-state index in [-0.39, 0.29) is 0 Å². The van der Waals surface area contributed by atoms with Crippen LogP contribution in [0.5, 0.6) is 0 Å². The molecule has 1 atom stereocenters. The van der Waals surface area contributed by atoms with Crippen molar-refractivity contribution < 1.29 is 5.11 Å². The van der Waals surface area contributed by atoms with Gasteiger partial charge in [0.15, 0.2) is 0 Å². The fraction of sp³-hybridized carbons (Fsp3) is 0.467. The second-order valence-electron chi connectivity index (χ2n) is 5.57. The van der Waals surface area contributed by atoms with Gasteiger partial charge in [0.25, 0.3) is 0 Å². The molecule has 1 aromatic carbocycles. The first-order valence-corrected chi connectivity index (χ1v) is 6.63. The van der Waals surface area contributed by atoms with Gasteiger partial charge in [-0.15, -0.1) is 0 Å². The van der Waals surface area contributed by atoms with Crippen LogP contribution in [0, 0.1) is 5.92 Å². The van der Waals surface area contributed by atoms with Crippen LogP contribution in [0.2, 0.25) is 0 Å². The lowest BCUT2D eigenvalue weighted by atomic mass is 9.92. The van der Waals surface area contributed by atoms with E-state index >= 15 is 0 Å². The monoisotopic (exact) mass is 259 g/mol. The maximum atomic E-state index is 10.6. The summed E-state index contributed by atoms with van der Waals surface area (Å²) in [4.78, 5) is 4.27. The second-order valence-corrected chi connectivity index (χ2v) is 5.57. The van der Waals surface area contributed by atoms with Crippen LogP contribution in [0.3, 0.4) is 0 Å². The minimum Gasteiger partial charge on any atom is -0.385 e. The Balaban J connectivity index is 2.19. The lowest BCUT2D eigenvalue weighted by Gasteiger charge is -2.23. The first-order valence-electron chi connectivity index (χ1n) is 6.63. The number of benzene rings is 1. The fourth-order valence-electron chi connectivity index (χ4n) is 2.13. The molecule has 2 aromatic rings. The highest BCUT2D eigenvalue weighted by atomic mass is 16.3. The molecular weight excluding hydrogens is 238 g/mol. The van der Waals surface area contributed by atoms with Crippen LogP contribution >= 0.6 is 0 Å². The Morgan fingerprint density at radius 1 is 1.26 bits per heavy atom. The van der Waals surface area contributed by atoms with Gasteiger partial charge in [-0.3, -0.25) is 0 Å². The second kappa shape index (κ2) is 5.53. The highest BCUT2D eigenvalue weighted by Crippen LogP contribution is 2.24. The largest absolute Gasteiger partial charge is 0.385 e. The molecule has 4 heteroatoms. The molecular formula is C15H21N3O. The van der Waals surface area contributed by atoms with E-state index in [1.54, 1.807) is 6.33 Å². The number of aromatic nitrogens is 3. The molecule has 1 aromatic heterocycles. The topological polar surface area (TPSA) is 50.9 Å². The zero-order chi connectivity index (χ0) is 13.9. The maximum absolute atomic E-state index is 10.6. The van der Waals surface area contributed by atoms with E-state index < -0.39 is 5.60 Å². The third kappa shape index (κ3) is 3.41. The molecule has 0 radical (unpaired) electrons. The summed E-state index contributed by atoms with van der Waals surface area (Å²) in [5.74, 6) is 1.32. The summed E-state index contributed by atoms with van der Waals surface area (Å²) in [6, 6.07) is 9.68. The zero-order valence-corrected chi connectivity index (χ0v) is 11.7. The van der Waals surface area contributed by atoms with Crippen molar-refractivity contribution in [2.75, 3.05) is 0 Å². The van der Waals surface area contributed by atoms with Crippen molar-refractivity contribution in [1.82, 2.24) is 14.8 Å². The minimum atomic E-state index is -0.928. The van der Waals surface area contributed by atoms with Crippen LogP contribution in [0.4, 0.5) is 0 Å². The van der Waals surface area contributed by atoms with Crippen LogP contribution in [0.15, 0.2) is 36.7 Å². The van der Waals surface area contributed by atoms with E-state index in [4.69, 9.17) is 0 Å². The predicted molar refractivity (Wildman–Crippen MR) is 74.6 cm³/mol. The van der Waals surface area contributed by atoms with Crippen LogP contribution in [0.1, 0.15) is 32.2 Å². The zero-order valence-electron chi connectivity index (χ0n) is 11.7. The summed E-state index contributed by atoms with van der Waals surface area (Å²) in [5, 5.41) is 14.9. The van der Waals surface area contributed by atoms with Crippen LogP contribution in [-0.4, -0.2) is 19.9 Å². The van der Waals surface area contributed by atoms with Crippen molar-refractivity contribution in [3.63, 3.8) is 0 Å². The number of hydrogen-bond donors (Lipinski definition) is 1. The molecule has 0 aliphatic carbocycles. The van der Waals surface area contributed by atoms with E-state index in [2.05, 4.69) is 23.9 Å². The van der Waals surface area contributed by atoms with Gasteiger partial charge in [0, 0.05) is 13.0 Å². The predicted octanol–water partition coefficient (Wildman–Crippen LogP) is 2.38. The Bertz CT molecular complexity index is 517. The molecule has 0 saturated carbocycles. The van der Waals surface area contributed by atoms with Crippen LogP contribution < -0.4 is 0 Å². The standard InChI is InChI=1S/C15H21N3O/c1-12(2)10-18-14(16-11-17-18)9-15(3,19)13-7-5-4-6-8-13/h4-8,11-12,19H,9-10H2,1-3H3. The number of rotatable bonds is 5.